The van der Waals surface area contributed by atoms with Gasteiger partial charge in [0.05, 0.1) is 14.2 Å². The van der Waals surface area contributed by atoms with Gasteiger partial charge in [-0.3, -0.25) is 0 Å². The second kappa shape index (κ2) is 5.06. The highest BCUT2D eigenvalue weighted by Gasteiger charge is 2.07. The Morgan fingerprint density at radius 3 is 2.24 bits per heavy atom. The quantitative estimate of drug-likeness (QED) is 0.816. The minimum Gasteiger partial charge on any atom is -0.497 e. The first kappa shape index (κ1) is 11.7. The molecule has 0 atom stereocenters. The van der Waals surface area contributed by atoms with E-state index >= 15 is 0 Å². The zero-order valence-electron chi connectivity index (χ0n) is 9.90. The van der Waals surface area contributed by atoms with Gasteiger partial charge in [0.2, 0.25) is 0 Å². The molecule has 17 heavy (non-hydrogen) atoms. The van der Waals surface area contributed by atoms with Gasteiger partial charge in [-0.25, -0.2) is 0 Å². The van der Waals surface area contributed by atoms with Crippen molar-refractivity contribution in [3.63, 3.8) is 0 Å². The van der Waals surface area contributed by atoms with Crippen molar-refractivity contribution in [2.24, 2.45) is 0 Å². The van der Waals surface area contributed by atoms with Crippen LogP contribution in [0, 0.1) is 0 Å². The minimum atomic E-state index is 0.775. The predicted molar refractivity (Wildman–Crippen MR) is 72.0 cm³/mol. The number of hydrogen-bond donors (Lipinski definition) is 0. The van der Waals surface area contributed by atoms with E-state index in [1.807, 2.05) is 29.6 Å². The summed E-state index contributed by atoms with van der Waals surface area (Å²) < 4.78 is 10.5. The van der Waals surface area contributed by atoms with Crippen LogP contribution in [0.25, 0.3) is 5.57 Å². The molecule has 2 rings (SSSR count). The van der Waals surface area contributed by atoms with E-state index in [4.69, 9.17) is 9.47 Å². The summed E-state index contributed by atoms with van der Waals surface area (Å²) in [6.07, 6.45) is 0. The molecular weight excluding hydrogens is 232 g/mol. The van der Waals surface area contributed by atoms with Crippen molar-refractivity contribution < 1.29 is 9.47 Å². The Labute approximate surface area is 105 Å². The monoisotopic (exact) mass is 246 g/mol. The van der Waals surface area contributed by atoms with E-state index < -0.39 is 0 Å². The van der Waals surface area contributed by atoms with E-state index in [0.717, 1.165) is 27.5 Å². The van der Waals surface area contributed by atoms with Crippen LogP contribution in [0.5, 0.6) is 11.5 Å². The second-order valence-corrected chi connectivity index (χ2v) is 4.50. The number of hydrogen-bond acceptors (Lipinski definition) is 3. The van der Waals surface area contributed by atoms with Crippen LogP contribution >= 0.6 is 11.3 Å². The summed E-state index contributed by atoms with van der Waals surface area (Å²) in [7, 11) is 3.29. The molecule has 0 bridgehead atoms. The van der Waals surface area contributed by atoms with Crippen LogP contribution < -0.4 is 9.47 Å². The summed E-state index contributed by atoms with van der Waals surface area (Å²) in [5, 5.41) is 2.04. The molecule has 1 aromatic carbocycles. The zero-order valence-corrected chi connectivity index (χ0v) is 10.7. The first-order chi connectivity index (χ1) is 8.24. The fourth-order valence-corrected chi connectivity index (χ4v) is 2.30. The van der Waals surface area contributed by atoms with E-state index in [0.29, 0.717) is 0 Å². The van der Waals surface area contributed by atoms with Crippen LogP contribution in [0.15, 0.2) is 42.3 Å². The lowest BCUT2D eigenvalue weighted by molar-refractivity contribution is 0.394. The van der Waals surface area contributed by atoms with Crippen molar-refractivity contribution >= 4 is 16.9 Å². The van der Waals surface area contributed by atoms with Crippen LogP contribution in [0.1, 0.15) is 10.4 Å². The highest BCUT2D eigenvalue weighted by Crippen LogP contribution is 2.31. The van der Waals surface area contributed by atoms with Gasteiger partial charge in [0, 0.05) is 10.9 Å². The van der Waals surface area contributed by atoms with Gasteiger partial charge in [-0.1, -0.05) is 12.6 Å². The van der Waals surface area contributed by atoms with E-state index in [1.54, 1.807) is 25.6 Å². The van der Waals surface area contributed by atoms with Gasteiger partial charge in [-0.15, -0.1) is 11.3 Å². The second-order valence-electron chi connectivity index (χ2n) is 3.56. The summed E-state index contributed by atoms with van der Waals surface area (Å²) in [4.78, 5) is 1.15. The third-order valence-electron chi connectivity index (χ3n) is 2.52. The number of methoxy groups -OCH3 is 2. The van der Waals surface area contributed by atoms with Gasteiger partial charge < -0.3 is 9.47 Å². The topological polar surface area (TPSA) is 18.5 Å². The fraction of sp³-hybridized carbons (Fsp3) is 0.143. The SMILES string of the molecule is C=C(c1cc(OC)cc(OC)c1)c1cccs1. The fourth-order valence-electron chi connectivity index (χ4n) is 1.57. The lowest BCUT2D eigenvalue weighted by atomic mass is 10.1. The Balaban J connectivity index is 2.41. The Hall–Kier alpha value is -1.74. The molecule has 0 unspecified atom stereocenters. The summed E-state index contributed by atoms with van der Waals surface area (Å²) in [5.74, 6) is 1.55. The van der Waals surface area contributed by atoms with Gasteiger partial charge in [0.1, 0.15) is 11.5 Å². The van der Waals surface area contributed by atoms with Gasteiger partial charge in [-0.05, 0) is 34.7 Å². The van der Waals surface area contributed by atoms with Gasteiger partial charge >= 0.3 is 0 Å². The third-order valence-corrected chi connectivity index (χ3v) is 3.45. The molecule has 0 aliphatic carbocycles. The maximum absolute atomic E-state index is 5.25. The van der Waals surface area contributed by atoms with Crippen molar-refractivity contribution in [3.05, 3.63) is 52.7 Å². The first-order valence-electron chi connectivity index (χ1n) is 5.21. The first-order valence-corrected chi connectivity index (χ1v) is 6.09. The average Bonchev–Trinajstić information content (AvgIpc) is 2.91. The molecular formula is C14H14O2S. The largest absolute Gasteiger partial charge is 0.497 e. The highest BCUT2D eigenvalue weighted by molar-refractivity contribution is 7.11. The molecule has 3 heteroatoms. The molecule has 0 aliphatic heterocycles. The van der Waals surface area contributed by atoms with Crippen LogP contribution in [-0.2, 0) is 0 Å². The van der Waals surface area contributed by atoms with Crippen molar-refractivity contribution in [3.8, 4) is 11.5 Å². The summed E-state index contributed by atoms with van der Waals surface area (Å²) in [5.41, 5.74) is 2.00. The summed E-state index contributed by atoms with van der Waals surface area (Å²) in [6, 6.07) is 9.85. The highest BCUT2D eigenvalue weighted by atomic mass is 32.1. The molecule has 0 saturated heterocycles. The molecule has 88 valence electrons. The lowest BCUT2D eigenvalue weighted by Gasteiger charge is -2.09. The van der Waals surface area contributed by atoms with Crippen LogP contribution in [0.4, 0.5) is 0 Å². The molecule has 0 radical (unpaired) electrons. The van der Waals surface area contributed by atoms with Gasteiger partial charge in [-0.2, -0.15) is 0 Å². The van der Waals surface area contributed by atoms with E-state index in [1.165, 1.54) is 0 Å². The Kier molecular flexibility index (Phi) is 3.49. The van der Waals surface area contributed by atoms with E-state index in [2.05, 4.69) is 12.6 Å². The van der Waals surface area contributed by atoms with Crippen molar-refractivity contribution in [1.29, 1.82) is 0 Å². The zero-order chi connectivity index (χ0) is 12.3. The normalized spacial score (nSPS) is 10.0. The molecule has 0 N–H and O–H groups in total. The number of ether oxygens (including phenoxy) is 2. The van der Waals surface area contributed by atoms with Crippen molar-refractivity contribution in [1.82, 2.24) is 0 Å². The Morgan fingerprint density at radius 1 is 1.12 bits per heavy atom. The molecule has 0 amide bonds. The van der Waals surface area contributed by atoms with Gasteiger partial charge in [0.15, 0.2) is 0 Å². The molecule has 2 nitrogen and oxygen atoms in total. The van der Waals surface area contributed by atoms with Crippen molar-refractivity contribution in [2.45, 2.75) is 0 Å². The Bertz CT molecular complexity index is 493. The molecule has 0 aliphatic rings. The average molecular weight is 246 g/mol. The molecule has 1 aromatic heterocycles. The van der Waals surface area contributed by atoms with Crippen LogP contribution in [-0.4, -0.2) is 14.2 Å². The van der Waals surface area contributed by atoms with Gasteiger partial charge in [0.25, 0.3) is 0 Å². The number of thiophene rings is 1. The molecule has 0 fully saturated rings. The van der Waals surface area contributed by atoms with Crippen LogP contribution in [0.2, 0.25) is 0 Å². The van der Waals surface area contributed by atoms with E-state index in [-0.39, 0.29) is 0 Å². The lowest BCUT2D eigenvalue weighted by Crippen LogP contribution is -1.90. The maximum Gasteiger partial charge on any atom is 0.123 e. The molecule has 0 saturated carbocycles. The molecule has 1 heterocycles. The molecule has 2 aromatic rings. The molecule has 0 spiro atoms. The smallest absolute Gasteiger partial charge is 0.123 e. The number of benzene rings is 1. The number of rotatable bonds is 4. The third kappa shape index (κ3) is 2.50. The standard InChI is InChI=1S/C14H14O2S/c1-10(14-5-4-6-17-14)11-7-12(15-2)9-13(8-11)16-3/h4-9H,1H2,2-3H3. The summed E-state index contributed by atoms with van der Waals surface area (Å²) in [6.45, 7) is 4.12. The van der Waals surface area contributed by atoms with E-state index in [9.17, 15) is 0 Å². The summed E-state index contributed by atoms with van der Waals surface area (Å²) >= 11 is 1.67. The van der Waals surface area contributed by atoms with Crippen LogP contribution in [0.3, 0.4) is 0 Å². The predicted octanol–water partition coefficient (Wildman–Crippen LogP) is 3.83. The minimum absolute atomic E-state index is 0.775. The van der Waals surface area contributed by atoms with Crippen molar-refractivity contribution in [2.75, 3.05) is 14.2 Å². The maximum atomic E-state index is 5.25. The Morgan fingerprint density at radius 2 is 1.76 bits per heavy atom.